The number of ketones is 1. The zero-order chi connectivity index (χ0) is 28.5. The molecule has 0 spiro atoms. The molecule has 2 amide bonds. The van der Waals surface area contributed by atoms with E-state index in [9.17, 15) is 24.3 Å². The van der Waals surface area contributed by atoms with Gasteiger partial charge in [-0.3, -0.25) is 14.4 Å². The second kappa shape index (κ2) is 14.0. The van der Waals surface area contributed by atoms with E-state index in [2.05, 4.69) is 10.3 Å². The molecule has 1 aromatic rings. The number of esters is 1. The van der Waals surface area contributed by atoms with E-state index in [0.717, 1.165) is 5.57 Å². The van der Waals surface area contributed by atoms with Crippen LogP contribution in [0.25, 0.3) is 0 Å². The predicted octanol–water partition coefficient (Wildman–Crippen LogP) is 1.47. The average Bonchev–Trinajstić information content (AvgIpc) is 3.57. The Labute approximate surface area is 228 Å². The van der Waals surface area contributed by atoms with Crippen LogP contribution in [0.15, 0.2) is 46.6 Å². The first-order valence-corrected chi connectivity index (χ1v) is 13.3. The number of aromatic nitrogens is 1. The van der Waals surface area contributed by atoms with E-state index in [0.29, 0.717) is 19.4 Å². The van der Waals surface area contributed by atoms with Crippen molar-refractivity contribution in [3.05, 3.63) is 53.8 Å². The summed E-state index contributed by atoms with van der Waals surface area (Å²) in [5.41, 5.74) is 6.60. The van der Waals surface area contributed by atoms with Crippen LogP contribution in [0.2, 0.25) is 0 Å². The summed E-state index contributed by atoms with van der Waals surface area (Å²) < 4.78 is 11.2. The van der Waals surface area contributed by atoms with Gasteiger partial charge in [-0.1, -0.05) is 43.7 Å². The maximum atomic E-state index is 13.2. The number of aliphatic hydroxyl groups excluding tert-OH is 1. The zero-order valence-corrected chi connectivity index (χ0v) is 22.7. The molecule has 11 nitrogen and oxygen atoms in total. The SMILES string of the molecule is CC1=C[C@@H](O)CC(=O)Cc2nc(co2)C(=O)N2CCC[C@@H]2C(=O)O[C@H]([C@H](C)CN)[C@H](C)/C=C/C(=O)NCC=C1. The van der Waals surface area contributed by atoms with Crippen molar-refractivity contribution in [1.82, 2.24) is 15.2 Å². The third-order valence-electron chi connectivity index (χ3n) is 6.83. The largest absolute Gasteiger partial charge is 0.460 e. The molecule has 0 saturated carbocycles. The van der Waals surface area contributed by atoms with Gasteiger partial charge in [-0.15, -0.1) is 0 Å². The number of Topliss-reactive ketones (excluding diaryl/α,β-unsaturated/α-hetero) is 1. The number of rotatable bonds is 2. The summed E-state index contributed by atoms with van der Waals surface area (Å²) >= 11 is 0. The van der Waals surface area contributed by atoms with E-state index in [1.165, 1.54) is 17.2 Å². The number of cyclic esters (lactones) is 1. The highest BCUT2D eigenvalue weighted by Crippen LogP contribution is 2.25. The van der Waals surface area contributed by atoms with E-state index in [-0.39, 0.29) is 61.0 Å². The van der Waals surface area contributed by atoms with Gasteiger partial charge in [0.2, 0.25) is 11.8 Å². The number of hydrogen-bond acceptors (Lipinski definition) is 9. The van der Waals surface area contributed by atoms with E-state index < -0.39 is 30.1 Å². The van der Waals surface area contributed by atoms with Crippen molar-refractivity contribution in [3.8, 4) is 0 Å². The molecule has 1 fully saturated rings. The first-order chi connectivity index (χ1) is 18.6. The van der Waals surface area contributed by atoms with Gasteiger partial charge in [0.05, 0.1) is 12.5 Å². The Morgan fingerprint density at radius 2 is 2.03 bits per heavy atom. The lowest BCUT2D eigenvalue weighted by Gasteiger charge is -2.30. The summed E-state index contributed by atoms with van der Waals surface area (Å²) in [6.45, 7) is 6.34. The van der Waals surface area contributed by atoms with Gasteiger partial charge in [0.15, 0.2) is 5.69 Å². The Hall–Kier alpha value is -3.57. The summed E-state index contributed by atoms with van der Waals surface area (Å²) in [5.74, 6) is -2.12. The van der Waals surface area contributed by atoms with Crippen molar-refractivity contribution in [1.29, 1.82) is 0 Å². The number of carbonyl (C=O) groups is 4. The van der Waals surface area contributed by atoms with Gasteiger partial charge >= 0.3 is 5.97 Å². The molecule has 2 aliphatic rings. The number of carbonyl (C=O) groups excluding carboxylic acids is 4. The Balaban J connectivity index is 1.87. The topological polar surface area (TPSA) is 165 Å². The van der Waals surface area contributed by atoms with Crippen LogP contribution < -0.4 is 11.1 Å². The fourth-order valence-electron chi connectivity index (χ4n) is 4.68. The van der Waals surface area contributed by atoms with E-state index in [1.54, 1.807) is 31.2 Å². The smallest absolute Gasteiger partial charge is 0.329 e. The predicted molar refractivity (Wildman–Crippen MR) is 142 cm³/mol. The van der Waals surface area contributed by atoms with Gasteiger partial charge in [0.1, 0.15) is 24.2 Å². The third-order valence-corrected chi connectivity index (χ3v) is 6.83. The lowest BCUT2D eigenvalue weighted by molar-refractivity contribution is -0.158. The molecule has 1 saturated heterocycles. The highest BCUT2D eigenvalue weighted by molar-refractivity contribution is 5.95. The van der Waals surface area contributed by atoms with Gasteiger partial charge in [0.25, 0.3) is 5.91 Å². The van der Waals surface area contributed by atoms with Crippen molar-refractivity contribution in [2.24, 2.45) is 17.6 Å². The normalized spacial score (nSPS) is 27.8. The molecule has 212 valence electrons. The van der Waals surface area contributed by atoms with Crippen molar-refractivity contribution < 1.29 is 33.4 Å². The minimum Gasteiger partial charge on any atom is -0.460 e. The standard InChI is InChI=1S/C28H38N4O7/c1-17-6-4-10-30-24(35)9-8-18(2)26(19(3)15-29)39-28(37)23-7-5-11-32(23)27(36)22-16-38-25(31-22)14-21(34)13-20(33)12-17/h4,6,8-9,12,16,18-20,23,26,33H,5,7,10-11,13-15,29H2,1-3H3,(H,30,35)/b6-4?,9-8+,17-12?/t18-,19-,20-,23-,26+/m1/s1. The highest BCUT2D eigenvalue weighted by atomic mass is 16.5. The molecule has 39 heavy (non-hydrogen) atoms. The van der Waals surface area contributed by atoms with E-state index in [4.69, 9.17) is 14.9 Å². The van der Waals surface area contributed by atoms with Crippen LogP contribution in [0.3, 0.4) is 0 Å². The van der Waals surface area contributed by atoms with Crippen molar-refractivity contribution >= 4 is 23.6 Å². The number of fused-ring (bicyclic) bond motifs is 3. The lowest BCUT2D eigenvalue weighted by Crippen LogP contribution is -2.45. The van der Waals surface area contributed by atoms with Crippen LogP contribution in [0.5, 0.6) is 0 Å². The Bertz CT molecular complexity index is 1140. The summed E-state index contributed by atoms with van der Waals surface area (Å²) in [4.78, 5) is 56.8. The van der Waals surface area contributed by atoms with Gasteiger partial charge in [0, 0.05) is 31.3 Å². The molecule has 3 heterocycles. The Morgan fingerprint density at radius 3 is 2.77 bits per heavy atom. The average molecular weight is 543 g/mol. The van der Waals surface area contributed by atoms with Crippen molar-refractivity contribution in [2.45, 2.75) is 64.7 Å². The molecule has 0 radical (unpaired) electrons. The molecule has 4 N–H and O–H groups in total. The van der Waals surface area contributed by atoms with Crippen LogP contribution in [0, 0.1) is 11.8 Å². The molecule has 0 aromatic carbocycles. The van der Waals surface area contributed by atoms with E-state index >= 15 is 0 Å². The summed E-state index contributed by atoms with van der Waals surface area (Å²) in [6, 6.07) is -0.801. The number of nitrogens with zero attached hydrogens (tertiary/aromatic N) is 2. The van der Waals surface area contributed by atoms with Crippen LogP contribution >= 0.6 is 0 Å². The summed E-state index contributed by atoms with van der Waals surface area (Å²) in [5, 5.41) is 13.0. The molecular weight excluding hydrogens is 504 g/mol. The number of allylic oxidation sites excluding steroid dienone is 2. The summed E-state index contributed by atoms with van der Waals surface area (Å²) in [6.07, 6.45) is 8.32. The van der Waals surface area contributed by atoms with E-state index in [1.807, 2.05) is 13.8 Å². The molecule has 5 atom stereocenters. The number of nitrogens with one attached hydrogen (secondary N) is 1. The monoisotopic (exact) mass is 542 g/mol. The summed E-state index contributed by atoms with van der Waals surface area (Å²) in [7, 11) is 0. The molecule has 3 rings (SSSR count). The molecule has 2 aliphatic heterocycles. The number of oxazole rings is 1. The maximum Gasteiger partial charge on any atom is 0.329 e. The molecule has 1 aromatic heterocycles. The molecule has 0 aliphatic carbocycles. The van der Waals surface area contributed by atoms with Gasteiger partial charge in [-0.05, 0) is 32.4 Å². The molecular formula is C28H38N4O7. The second-order valence-corrected chi connectivity index (χ2v) is 10.2. The molecule has 11 heteroatoms. The zero-order valence-electron chi connectivity index (χ0n) is 22.7. The minimum atomic E-state index is -1.01. The van der Waals surface area contributed by atoms with Crippen LogP contribution in [-0.2, 0) is 25.5 Å². The Morgan fingerprint density at radius 1 is 1.26 bits per heavy atom. The fourth-order valence-corrected chi connectivity index (χ4v) is 4.68. The molecule has 2 bridgehead atoms. The molecule has 0 unspecified atom stereocenters. The fraction of sp³-hybridized carbons (Fsp3) is 0.536. The number of ether oxygens (including phenoxy) is 1. The van der Waals surface area contributed by atoms with Crippen molar-refractivity contribution in [3.63, 3.8) is 0 Å². The van der Waals surface area contributed by atoms with Crippen molar-refractivity contribution in [2.75, 3.05) is 19.6 Å². The van der Waals surface area contributed by atoms with Gasteiger partial charge in [-0.25, -0.2) is 9.78 Å². The lowest BCUT2D eigenvalue weighted by atomic mass is 9.92. The minimum absolute atomic E-state index is 0.00786. The first-order valence-electron chi connectivity index (χ1n) is 13.3. The quantitative estimate of drug-likeness (QED) is 0.469. The number of hydrogen-bond donors (Lipinski definition) is 3. The van der Waals surface area contributed by atoms with Crippen LogP contribution in [-0.4, -0.2) is 76.4 Å². The Kier molecular flexibility index (Phi) is 10.8. The first kappa shape index (κ1) is 30.0. The number of aliphatic hydroxyl groups is 1. The maximum absolute atomic E-state index is 13.2. The second-order valence-electron chi connectivity index (χ2n) is 10.2. The van der Waals surface area contributed by atoms with Gasteiger partial charge in [-0.2, -0.15) is 0 Å². The van der Waals surface area contributed by atoms with Crippen LogP contribution in [0.1, 0.15) is 56.4 Å². The third kappa shape index (κ3) is 8.46. The highest BCUT2D eigenvalue weighted by Gasteiger charge is 2.39. The van der Waals surface area contributed by atoms with Gasteiger partial charge < -0.3 is 30.2 Å². The van der Waals surface area contributed by atoms with Crippen LogP contribution in [0.4, 0.5) is 0 Å². The number of nitrogens with two attached hydrogens (primary N) is 1. The number of amides is 2.